The van der Waals surface area contributed by atoms with Gasteiger partial charge in [-0.15, -0.1) is 0 Å². The van der Waals surface area contributed by atoms with Gasteiger partial charge >= 0.3 is 6.18 Å². The summed E-state index contributed by atoms with van der Waals surface area (Å²) in [6.45, 7) is 4.71. The minimum atomic E-state index is -4.11. The first kappa shape index (κ1) is 29.6. The number of nitrogens with zero attached hydrogens (tertiary/aromatic N) is 1. The predicted octanol–water partition coefficient (Wildman–Crippen LogP) is 5.58. The molecule has 2 aromatic carbocycles. The molecule has 0 bridgehead atoms. The molecule has 2 aromatic rings. The van der Waals surface area contributed by atoms with E-state index in [4.69, 9.17) is 0 Å². The zero-order valence-corrected chi connectivity index (χ0v) is 23.2. The Kier molecular flexibility index (Phi) is 9.08. The monoisotopic (exact) mass is 566 g/mol. The lowest BCUT2D eigenvalue weighted by atomic mass is 9.81. The fraction of sp³-hybridized carbons (Fsp3) is 0.552. The normalized spacial score (nSPS) is 22.9. The van der Waals surface area contributed by atoms with E-state index < -0.39 is 28.0 Å². The molecule has 2 aliphatic rings. The SMILES string of the molecule is CC[C@H]1c2ccc(C(=O)N[C@@H](CO)c3ccc(S(=O)(=O)CC)cc3)cc2CN1C[C@H]1CC[C@H](C(F)(F)F)CC1. The van der Waals surface area contributed by atoms with Crippen molar-refractivity contribution in [2.45, 2.75) is 75.7 Å². The largest absolute Gasteiger partial charge is 0.394 e. The second-order valence-electron chi connectivity index (χ2n) is 10.7. The average Bonchev–Trinajstić information content (AvgIpc) is 3.27. The van der Waals surface area contributed by atoms with Crippen LogP contribution in [-0.4, -0.2) is 49.4 Å². The number of rotatable bonds is 9. The molecule has 39 heavy (non-hydrogen) atoms. The minimum absolute atomic E-state index is 0.0136. The molecule has 1 heterocycles. The van der Waals surface area contributed by atoms with Crippen LogP contribution in [0.25, 0.3) is 0 Å². The molecule has 0 spiro atoms. The lowest BCUT2D eigenvalue weighted by Gasteiger charge is -2.34. The van der Waals surface area contributed by atoms with Gasteiger partial charge in [-0.2, -0.15) is 13.2 Å². The summed E-state index contributed by atoms with van der Waals surface area (Å²) in [4.78, 5) is 15.6. The van der Waals surface area contributed by atoms with E-state index in [9.17, 15) is 31.5 Å². The summed E-state index contributed by atoms with van der Waals surface area (Å²) in [6.07, 6.45) is -1.69. The van der Waals surface area contributed by atoms with E-state index in [2.05, 4.69) is 17.1 Å². The third-order valence-electron chi connectivity index (χ3n) is 8.28. The number of alkyl halides is 3. The summed E-state index contributed by atoms with van der Waals surface area (Å²) >= 11 is 0. The quantitative estimate of drug-likeness (QED) is 0.414. The number of halogens is 3. The smallest absolute Gasteiger partial charge is 0.391 e. The molecule has 1 saturated carbocycles. The van der Waals surface area contributed by atoms with E-state index in [1.165, 1.54) is 12.1 Å². The number of fused-ring (bicyclic) bond motifs is 1. The Morgan fingerprint density at radius 3 is 2.31 bits per heavy atom. The van der Waals surface area contributed by atoms with Crippen LogP contribution in [0.15, 0.2) is 47.4 Å². The second kappa shape index (κ2) is 12.0. The van der Waals surface area contributed by atoms with Crippen molar-refractivity contribution in [3.8, 4) is 0 Å². The van der Waals surface area contributed by atoms with E-state index in [-0.39, 0.29) is 48.0 Å². The maximum absolute atomic E-state index is 13.1. The van der Waals surface area contributed by atoms with Gasteiger partial charge in [0.25, 0.3) is 5.91 Å². The molecule has 10 heteroatoms. The molecular formula is C29H37F3N2O4S. The number of benzene rings is 2. The number of nitrogens with one attached hydrogen (secondary N) is 1. The number of carbonyl (C=O) groups is 1. The van der Waals surface area contributed by atoms with E-state index in [1.54, 1.807) is 25.1 Å². The molecule has 1 aliphatic carbocycles. The molecular weight excluding hydrogens is 529 g/mol. The third kappa shape index (κ3) is 6.66. The van der Waals surface area contributed by atoms with Crippen molar-refractivity contribution in [3.63, 3.8) is 0 Å². The van der Waals surface area contributed by atoms with Crippen LogP contribution in [-0.2, 0) is 16.4 Å². The Bertz CT molecular complexity index is 1260. The van der Waals surface area contributed by atoms with Crippen LogP contribution in [0.2, 0.25) is 0 Å². The number of aliphatic hydroxyl groups excluding tert-OH is 1. The van der Waals surface area contributed by atoms with E-state index in [0.29, 0.717) is 30.5 Å². The Morgan fingerprint density at radius 2 is 1.74 bits per heavy atom. The highest BCUT2D eigenvalue weighted by molar-refractivity contribution is 7.91. The number of hydrogen-bond acceptors (Lipinski definition) is 5. The van der Waals surface area contributed by atoms with Crippen LogP contribution in [0.1, 0.15) is 85.1 Å². The number of aliphatic hydroxyl groups is 1. The van der Waals surface area contributed by atoms with Gasteiger partial charge in [0.05, 0.1) is 29.2 Å². The van der Waals surface area contributed by atoms with Crippen LogP contribution in [0.4, 0.5) is 13.2 Å². The van der Waals surface area contributed by atoms with Crippen molar-refractivity contribution < 1.29 is 31.5 Å². The van der Waals surface area contributed by atoms with Gasteiger partial charge in [-0.3, -0.25) is 9.69 Å². The summed E-state index contributed by atoms with van der Waals surface area (Å²) in [5.74, 6) is -1.31. The lowest BCUT2D eigenvalue weighted by molar-refractivity contribution is -0.184. The summed E-state index contributed by atoms with van der Waals surface area (Å²) < 4.78 is 63.3. The molecule has 1 aliphatic heterocycles. The third-order valence-corrected chi connectivity index (χ3v) is 10.0. The summed E-state index contributed by atoms with van der Waals surface area (Å²) in [5.41, 5.74) is 3.23. The molecule has 2 N–H and O–H groups in total. The first-order valence-electron chi connectivity index (χ1n) is 13.6. The van der Waals surface area contributed by atoms with Crippen molar-refractivity contribution >= 4 is 15.7 Å². The fourth-order valence-electron chi connectivity index (χ4n) is 5.96. The van der Waals surface area contributed by atoms with Crippen LogP contribution < -0.4 is 5.32 Å². The average molecular weight is 567 g/mol. The Hall–Kier alpha value is -2.43. The zero-order valence-electron chi connectivity index (χ0n) is 22.4. The van der Waals surface area contributed by atoms with Gasteiger partial charge in [0.2, 0.25) is 0 Å². The second-order valence-corrected chi connectivity index (χ2v) is 13.0. The molecule has 1 amide bonds. The van der Waals surface area contributed by atoms with Gasteiger partial charge in [-0.1, -0.05) is 32.0 Å². The first-order chi connectivity index (χ1) is 18.5. The van der Waals surface area contributed by atoms with Crippen LogP contribution in [0.3, 0.4) is 0 Å². The lowest BCUT2D eigenvalue weighted by Crippen LogP contribution is -2.33. The van der Waals surface area contributed by atoms with Crippen molar-refractivity contribution in [2.75, 3.05) is 18.9 Å². The van der Waals surface area contributed by atoms with Crippen molar-refractivity contribution in [2.24, 2.45) is 11.8 Å². The van der Waals surface area contributed by atoms with Crippen LogP contribution in [0, 0.1) is 11.8 Å². The molecule has 6 nitrogen and oxygen atoms in total. The predicted molar refractivity (Wildman–Crippen MR) is 143 cm³/mol. The van der Waals surface area contributed by atoms with E-state index in [0.717, 1.165) is 24.1 Å². The van der Waals surface area contributed by atoms with Gasteiger partial charge in [-0.25, -0.2) is 8.42 Å². The molecule has 1 fully saturated rings. The van der Waals surface area contributed by atoms with Crippen molar-refractivity contribution in [3.05, 3.63) is 64.7 Å². The van der Waals surface area contributed by atoms with Gasteiger partial charge in [0.15, 0.2) is 9.84 Å². The van der Waals surface area contributed by atoms with Gasteiger partial charge in [0.1, 0.15) is 0 Å². The Balaban J connectivity index is 1.41. The molecule has 4 rings (SSSR count). The number of carbonyl (C=O) groups excluding carboxylic acids is 1. The highest BCUT2D eigenvalue weighted by atomic mass is 32.2. The molecule has 214 valence electrons. The summed E-state index contributed by atoms with van der Waals surface area (Å²) in [5, 5.41) is 12.8. The fourth-order valence-corrected chi connectivity index (χ4v) is 6.84. The topological polar surface area (TPSA) is 86.7 Å². The van der Waals surface area contributed by atoms with Crippen molar-refractivity contribution in [1.29, 1.82) is 0 Å². The van der Waals surface area contributed by atoms with E-state index in [1.807, 2.05) is 12.1 Å². The van der Waals surface area contributed by atoms with E-state index >= 15 is 0 Å². The van der Waals surface area contributed by atoms with Crippen LogP contribution in [0.5, 0.6) is 0 Å². The summed E-state index contributed by atoms with van der Waals surface area (Å²) in [6, 6.07) is 11.2. The van der Waals surface area contributed by atoms with Gasteiger partial charge in [-0.05, 0) is 79.0 Å². The molecule has 0 unspecified atom stereocenters. The first-order valence-corrected chi connectivity index (χ1v) is 15.3. The van der Waals surface area contributed by atoms with Crippen LogP contribution >= 0.6 is 0 Å². The molecule has 2 atom stereocenters. The maximum atomic E-state index is 13.1. The number of sulfone groups is 1. The minimum Gasteiger partial charge on any atom is -0.394 e. The molecule has 0 radical (unpaired) electrons. The summed E-state index contributed by atoms with van der Waals surface area (Å²) in [7, 11) is -3.35. The highest BCUT2D eigenvalue weighted by Gasteiger charge is 2.42. The molecule has 0 saturated heterocycles. The Labute approximate surface area is 228 Å². The Morgan fingerprint density at radius 1 is 1.08 bits per heavy atom. The van der Waals surface area contributed by atoms with Crippen molar-refractivity contribution in [1.82, 2.24) is 10.2 Å². The highest BCUT2D eigenvalue weighted by Crippen LogP contribution is 2.42. The number of hydrogen-bond donors (Lipinski definition) is 2. The van der Waals surface area contributed by atoms with Gasteiger partial charge < -0.3 is 10.4 Å². The number of amides is 1. The maximum Gasteiger partial charge on any atom is 0.391 e. The zero-order chi connectivity index (χ0) is 28.4. The molecule has 0 aromatic heterocycles. The standard InChI is InChI=1S/C29H37F3N2O4S/c1-3-27-25-14-9-21(15-22(25)17-34(27)16-19-5-10-23(11-6-19)29(30,31)32)28(36)33-26(18-35)20-7-12-24(13-8-20)39(37,38)4-2/h7-9,12-15,19,23,26-27,35H,3-6,10-11,16-18H2,1-2H3,(H,33,36)/t19-,23-,26-,27-/m0/s1. The van der Waals surface area contributed by atoms with Gasteiger partial charge in [0, 0.05) is 24.7 Å².